The Morgan fingerprint density at radius 1 is 1.07 bits per heavy atom. The second kappa shape index (κ2) is 7.93. The summed E-state index contributed by atoms with van der Waals surface area (Å²) < 4.78 is 29.8. The van der Waals surface area contributed by atoms with Crippen molar-refractivity contribution in [1.82, 2.24) is 10.2 Å². The Balaban J connectivity index is 1.68. The molecule has 1 amide bonds. The Hall–Kier alpha value is -3.00. The number of anilines is 1. The van der Waals surface area contributed by atoms with Crippen LogP contribution in [0.5, 0.6) is 0 Å². The molecule has 0 saturated heterocycles. The first-order valence-electron chi connectivity index (χ1n) is 8.79. The molecule has 3 aromatic rings. The third-order valence-corrected chi connectivity index (χ3v) is 6.48. The summed E-state index contributed by atoms with van der Waals surface area (Å²) >= 11 is 0. The number of amides is 1. The summed E-state index contributed by atoms with van der Waals surface area (Å²) in [4.78, 5) is 12.6. The Morgan fingerprint density at radius 2 is 1.75 bits per heavy atom. The topological polar surface area (TPSA) is 102 Å². The maximum Gasteiger partial charge on any atom is 0.322 e. The minimum Gasteiger partial charge on any atom is -0.407 e. The fourth-order valence-electron chi connectivity index (χ4n) is 2.61. The molecule has 0 aliphatic heterocycles. The number of nitrogens with one attached hydrogen (secondary N) is 1. The molecular formula is C20H21N3O4S. The minimum atomic E-state index is -3.30. The molecule has 0 spiro atoms. The molecule has 146 valence electrons. The van der Waals surface area contributed by atoms with E-state index < -0.39 is 15.1 Å². The first-order chi connectivity index (χ1) is 13.3. The highest BCUT2D eigenvalue weighted by Crippen LogP contribution is 2.19. The van der Waals surface area contributed by atoms with Gasteiger partial charge in [0, 0.05) is 5.56 Å². The number of hydrogen-bond donors (Lipinski definition) is 1. The van der Waals surface area contributed by atoms with E-state index in [1.807, 2.05) is 19.1 Å². The third-order valence-electron chi connectivity index (χ3n) is 4.30. The van der Waals surface area contributed by atoms with Crippen molar-refractivity contribution in [3.63, 3.8) is 0 Å². The molecule has 0 radical (unpaired) electrons. The first-order valence-corrected chi connectivity index (χ1v) is 10.3. The Labute approximate surface area is 163 Å². The SMILES string of the molecule is Cc1ccccc1C(=O)Nc1nnc(Cc2ccc(S(=O)(=O)C(C)C)cc2)o1. The van der Waals surface area contributed by atoms with Gasteiger partial charge >= 0.3 is 6.01 Å². The van der Waals surface area contributed by atoms with E-state index in [1.165, 1.54) is 0 Å². The minimum absolute atomic E-state index is 0.0160. The van der Waals surface area contributed by atoms with E-state index in [1.54, 1.807) is 50.2 Å². The zero-order chi connectivity index (χ0) is 20.3. The lowest BCUT2D eigenvalue weighted by Gasteiger charge is -2.08. The van der Waals surface area contributed by atoms with E-state index in [4.69, 9.17) is 4.42 Å². The normalized spacial score (nSPS) is 11.6. The van der Waals surface area contributed by atoms with Crippen LogP contribution in [0.4, 0.5) is 6.01 Å². The first kappa shape index (κ1) is 19.8. The Bertz CT molecular complexity index is 1090. The summed E-state index contributed by atoms with van der Waals surface area (Å²) in [6.07, 6.45) is 0.329. The van der Waals surface area contributed by atoms with Crippen LogP contribution in [0.25, 0.3) is 0 Å². The van der Waals surface area contributed by atoms with Gasteiger partial charge in [0.2, 0.25) is 5.89 Å². The van der Waals surface area contributed by atoms with Crippen LogP contribution < -0.4 is 5.32 Å². The number of aryl methyl sites for hydroxylation is 1. The molecule has 1 N–H and O–H groups in total. The number of hydrogen-bond acceptors (Lipinski definition) is 6. The van der Waals surface area contributed by atoms with Crippen molar-refractivity contribution in [1.29, 1.82) is 0 Å². The summed E-state index contributed by atoms with van der Waals surface area (Å²) in [5.74, 6) is -0.00362. The fraction of sp³-hybridized carbons (Fsp3) is 0.250. The van der Waals surface area contributed by atoms with Gasteiger partial charge in [0.15, 0.2) is 9.84 Å². The van der Waals surface area contributed by atoms with Gasteiger partial charge < -0.3 is 4.42 Å². The van der Waals surface area contributed by atoms with Crippen LogP contribution in [-0.4, -0.2) is 29.8 Å². The van der Waals surface area contributed by atoms with Crippen LogP contribution >= 0.6 is 0 Å². The average molecular weight is 399 g/mol. The van der Waals surface area contributed by atoms with Crippen molar-refractivity contribution < 1.29 is 17.6 Å². The van der Waals surface area contributed by atoms with E-state index in [0.29, 0.717) is 17.9 Å². The van der Waals surface area contributed by atoms with Gasteiger partial charge in [-0.25, -0.2) is 8.42 Å². The highest BCUT2D eigenvalue weighted by atomic mass is 32.2. The molecule has 0 fully saturated rings. The molecule has 0 saturated carbocycles. The number of rotatable bonds is 6. The van der Waals surface area contributed by atoms with Gasteiger partial charge in [-0.1, -0.05) is 35.4 Å². The predicted octanol–water partition coefficient (Wildman–Crippen LogP) is 3.40. The van der Waals surface area contributed by atoms with Crippen molar-refractivity contribution in [3.05, 3.63) is 71.1 Å². The Morgan fingerprint density at radius 3 is 2.39 bits per heavy atom. The molecular weight excluding hydrogens is 378 g/mol. The standard InChI is InChI=1S/C20H21N3O4S/c1-13(2)28(25,26)16-10-8-15(9-11-16)12-18-22-23-20(27-18)21-19(24)17-7-5-4-6-14(17)3/h4-11,13H,12H2,1-3H3,(H,21,23,24). The van der Waals surface area contributed by atoms with Crippen LogP contribution in [-0.2, 0) is 16.3 Å². The lowest BCUT2D eigenvalue weighted by atomic mass is 10.1. The van der Waals surface area contributed by atoms with E-state index in [2.05, 4.69) is 15.5 Å². The lowest BCUT2D eigenvalue weighted by molar-refractivity contribution is 0.102. The molecule has 0 bridgehead atoms. The molecule has 0 aliphatic carbocycles. The van der Waals surface area contributed by atoms with Crippen molar-refractivity contribution in [2.45, 2.75) is 37.3 Å². The largest absolute Gasteiger partial charge is 0.407 e. The van der Waals surface area contributed by atoms with Gasteiger partial charge in [0.1, 0.15) is 0 Å². The smallest absolute Gasteiger partial charge is 0.322 e. The molecule has 8 heteroatoms. The van der Waals surface area contributed by atoms with Crippen LogP contribution in [0.3, 0.4) is 0 Å². The third kappa shape index (κ3) is 4.28. The van der Waals surface area contributed by atoms with E-state index >= 15 is 0 Å². The summed E-state index contributed by atoms with van der Waals surface area (Å²) in [5.41, 5.74) is 2.20. The maximum atomic E-state index is 12.3. The quantitative estimate of drug-likeness (QED) is 0.681. The molecule has 28 heavy (non-hydrogen) atoms. The van der Waals surface area contributed by atoms with Gasteiger partial charge in [-0.05, 0) is 50.1 Å². The Kier molecular flexibility index (Phi) is 5.60. The highest BCUT2D eigenvalue weighted by Gasteiger charge is 2.19. The van der Waals surface area contributed by atoms with Crippen LogP contribution in [0, 0.1) is 6.92 Å². The molecule has 0 atom stereocenters. The summed E-state index contributed by atoms with van der Waals surface area (Å²) in [6, 6.07) is 13.8. The van der Waals surface area contributed by atoms with Crippen molar-refractivity contribution in [2.24, 2.45) is 0 Å². The molecule has 0 unspecified atom stereocenters. The molecule has 3 rings (SSSR count). The summed E-state index contributed by atoms with van der Waals surface area (Å²) in [6.45, 7) is 5.14. The molecule has 1 aromatic heterocycles. The maximum absolute atomic E-state index is 12.3. The number of sulfone groups is 1. The van der Waals surface area contributed by atoms with Crippen LogP contribution in [0.1, 0.15) is 41.2 Å². The van der Waals surface area contributed by atoms with Gasteiger partial charge in [-0.3, -0.25) is 10.1 Å². The zero-order valence-electron chi connectivity index (χ0n) is 15.8. The van der Waals surface area contributed by atoms with Gasteiger partial charge in [0.25, 0.3) is 5.91 Å². The number of nitrogens with zero attached hydrogens (tertiary/aromatic N) is 2. The lowest BCUT2D eigenvalue weighted by Crippen LogP contribution is -2.13. The van der Waals surface area contributed by atoms with Crippen molar-refractivity contribution in [3.8, 4) is 0 Å². The van der Waals surface area contributed by atoms with Gasteiger partial charge in [-0.15, -0.1) is 5.10 Å². The van der Waals surface area contributed by atoms with Gasteiger partial charge in [-0.2, -0.15) is 0 Å². The predicted molar refractivity (Wildman–Crippen MR) is 105 cm³/mol. The molecule has 0 aliphatic rings. The summed E-state index contributed by atoms with van der Waals surface area (Å²) in [5, 5.41) is 9.88. The van der Waals surface area contributed by atoms with Crippen molar-refractivity contribution >= 4 is 21.8 Å². The highest BCUT2D eigenvalue weighted by molar-refractivity contribution is 7.92. The van der Waals surface area contributed by atoms with Crippen molar-refractivity contribution in [2.75, 3.05) is 5.32 Å². The zero-order valence-corrected chi connectivity index (χ0v) is 16.7. The van der Waals surface area contributed by atoms with E-state index in [0.717, 1.165) is 11.1 Å². The van der Waals surface area contributed by atoms with E-state index in [9.17, 15) is 13.2 Å². The monoisotopic (exact) mass is 399 g/mol. The van der Waals surface area contributed by atoms with Crippen LogP contribution in [0.15, 0.2) is 57.8 Å². The summed E-state index contributed by atoms with van der Waals surface area (Å²) in [7, 11) is -3.30. The van der Waals surface area contributed by atoms with E-state index in [-0.39, 0.29) is 16.8 Å². The number of aromatic nitrogens is 2. The molecule has 7 nitrogen and oxygen atoms in total. The number of benzene rings is 2. The molecule has 2 aromatic carbocycles. The van der Waals surface area contributed by atoms with Crippen LogP contribution in [0.2, 0.25) is 0 Å². The number of carbonyl (C=O) groups is 1. The fourth-order valence-corrected chi connectivity index (χ4v) is 3.67. The average Bonchev–Trinajstić information content (AvgIpc) is 3.09. The number of carbonyl (C=O) groups excluding carboxylic acids is 1. The van der Waals surface area contributed by atoms with Gasteiger partial charge in [0.05, 0.1) is 16.6 Å². The molecule has 1 heterocycles. The second-order valence-electron chi connectivity index (χ2n) is 6.68. The second-order valence-corrected chi connectivity index (χ2v) is 9.19.